The van der Waals surface area contributed by atoms with Crippen molar-refractivity contribution < 1.29 is 23.9 Å². The third-order valence-electron chi connectivity index (χ3n) is 5.30. The largest absolute Gasteiger partial charge is 0.453 e. The molecule has 1 N–H and O–H groups in total. The first kappa shape index (κ1) is 20.5. The van der Waals surface area contributed by atoms with Gasteiger partial charge in [0, 0.05) is 13.0 Å². The maximum atomic E-state index is 13.6. The normalized spacial score (nSPS) is 18.8. The second-order valence-corrected chi connectivity index (χ2v) is 8.00. The quantitative estimate of drug-likeness (QED) is 0.432. The summed E-state index contributed by atoms with van der Waals surface area (Å²) in [5.41, 5.74) is 0.115. The van der Waals surface area contributed by atoms with Gasteiger partial charge in [0.25, 0.3) is 0 Å². The summed E-state index contributed by atoms with van der Waals surface area (Å²) in [5, 5.41) is 9.23. The third-order valence-corrected chi connectivity index (χ3v) is 5.30. The predicted octanol–water partition coefficient (Wildman–Crippen LogP) is 2.72. The molecule has 1 aliphatic rings. The maximum Gasteiger partial charge on any atom is 0.348 e. The second kappa shape index (κ2) is 8.86. The molecule has 1 fully saturated rings. The number of carbonyl (C=O) groups excluding carboxylic acids is 1. The fourth-order valence-electron chi connectivity index (χ4n) is 3.82. The standard InChI is InChI=1S/C23H30NO4/c1-24(2)15-14-21(18-24)28-22(26)23(27-17-9-16-25,19-10-5-3-6-11-19)20-12-7-4-8-13-20/h3-8,10-13,21,25H,9,14-18H2,1-2H3/q+1. The lowest BCUT2D eigenvalue weighted by atomic mass is 9.86. The Balaban J connectivity index is 2.00. The van der Waals surface area contributed by atoms with E-state index in [0.29, 0.717) is 6.42 Å². The molecule has 1 unspecified atom stereocenters. The van der Waals surface area contributed by atoms with E-state index in [9.17, 15) is 9.90 Å². The summed E-state index contributed by atoms with van der Waals surface area (Å²) in [6.07, 6.45) is 1.16. The minimum absolute atomic E-state index is 0.00298. The van der Waals surface area contributed by atoms with E-state index in [4.69, 9.17) is 9.47 Å². The van der Waals surface area contributed by atoms with Gasteiger partial charge in [-0.25, -0.2) is 4.79 Å². The number of carbonyl (C=O) groups is 1. The first-order valence-corrected chi connectivity index (χ1v) is 9.87. The number of aliphatic hydroxyl groups excluding tert-OH is 1. The molecule has 0 saturated carbocycles. The van der Waals surface area contributed by atoms with E-state index in [1.807, 2.05) is 60.7 Å². The van der Waals surface area contributed by atoms with Crippen LogP contribution < -0.4 is 0 Å². The van der Waals surface area contributed by atoms with Crippen molar-refractivity contribution in [3.63, 3.8) is 0 Å². The number of rotatable bonds is 8. The molecule has 1 heterocycles. The van der Waals surface area contributed by atoms with E-state index < -0.39 is 11.6 Å². The highest BCUT2D eigenvalue weighted by atomic mass is 16.6. The number of likely N-dealkylation sites (tertiary alicyclic amines) is 1. The molecule has 28 heavy (non-hydrogen) atoms. The number of esters is 1. The average molecular weight is 384 g/mol. The number of aliphatic hydroxyl groups is 1. The Morgan fingerprint density at radius 3 is 2.11 bits per heavy atom. The zero-order chi connectivity index (χ0) is 20.0. The molecule has 0 spiro atoms. The van der Waals surface area contributed by atoms with Crippen LogP contribution in [0.1, 0.15) is 24.0 Å². The first-order valence-electron chi connectivity index (χ1n) is 9.87. The lowest BCUT2D eigenvalue weighted by Gasteiger charge is -2.33. The fourth-order valence-corrected chi connectivity index (χ4v) is 3.82. The van der Waals surface area contributed by atoms with E-state index in [2.05, 4.69) is 14.1 Å². The Morgan fingerprint density at radius 2 is 1.64 bits per heavy atom. The molecular formula is C23H30NO4+. The van der Waals surface area contributed by atoms with E-state index in [0.717, 1.165) is 35.1 Å². The molecule has 1 aliphatic heterocycles. The predicted molar refractivity (Wildman–Crippen MR) is 108 cm³/mol. The summed E-state index contributed by atoms with van der Waals surface area (Å²) >= 11 is 0. The number of hydrogen-bond donors (Lipinski definition) is 1. The number of quaternary nitrogens is 1. The van der Waals surface area contributed by atoms with Crippen molar-refractivity contribution in [2.24, 2.45) is 0 Å². The Morgan fingerprint density at radius 1 is 1.07 bits per heavy atom. The van der Waals surface area contributed by atoms with Crippen LogP contribution in [0.3, 0.4) is 0 Å². The molecule has 2 aromatic rings. The van der Waals surface area contributed by atoms with Crippen LogP contribution in [0, 0.1) is 0 Å². The van der Waals surface area contributed by atoms with Crippen molar-refractivity contribution in [3.8, 4) is 0 Å². The summed E-state index contributed by atoms with van der Waals surface area (Å²) in [4.78, 5) is 13.6. The van der Waals surface area contributed by atoms with Crippen LogP contribution in [0.2, 0.25) is 0 Å². The molecular weight excluding hydrogens is 354 g/mol. The summed E-state index contributed by atoms with van der Waals surface area (Å²) in [6.45, 7) is 2.03. The number of likely N-dealkylation sites (N-methyl/N-ethyl adjacent to an activating group) is 1. The van der Waals surface area contributed by atoms with Crippen molar-refractivity contribution >= 4 is 5.97 Å². The van der Waals surface area contributed by atoms with Gasteiger partial charge < -0.3 is 19.1 Å². The fraction of sp³-hybridized carbons (Fsp3) is 0.435. The van der Waals surface area contributed by atoms with Crippen LogP contribution in [-0.2, 0) is 19.9 Å². The van der Waals surface area contributed by atoms with Crippen molar-refractivity contribution in [2.75, 3.05) is 40.4 Å². The first-order chi connectivity index (χ1) is 13.5. The van der Waals surface area contributed by atoms with Crippen molar-refractivity contribution in [1.82, 2.24) is 0 Å². The van der Waals surface area contributed by atoms with Gasteiger partial charge in [0.05, 0.1) is 27.2 Å². The number of benzene rings is 2. The molecule has 0 aliphatic carbocycles. The molecule has 0 amide bonds. The van der Waals surface area contributed by atoms with Gasteiger partial charge in [0.15, 0.2) is 6.10 Å². The van der Waals surface area contributed by atoms with E-state index in [-0.39, 0.29) is 19.3 Å². The van der Waals surface area contributed by atoms with Gasteiger partial charge in [0.2, 0.25) is 5.60 Å². The highest BCUT2D eigenvalue weighted by Crippen LogP contribution is 2.36. The smallest absolute Gasteiger partial charge is 0.348 e. The summed E-state index contributed by atoms with van der Waals surface area (Å²) in [7, 11) is 4.29. The SMILES string of the molecule is C[N+]1(C)CCC(OC(=O)C(OCCCO)(c2ccccc2)c2ccccc2)C1. The molecule has 5 nitrogen and oxygen atoms in total. The van der Waals surface area contributed by atoms with Crippen LogP contribution in [0.25, 0.3) is 0 Å². The van der Waals surface area contributed by atoms with Gasteiger partial charge in [-0.15, -0.1) is 0 Å². The highest BCUT2D eigenvalue weighted by Gasteiger charge is 2.47. The summed E-state index contributed by atoms with van der Waals surface area (Å²) in [6, 6.07) is 19.0. The molecule has 0 radical (unpaired) electrons. The minimum Gasteiger partial charge on any atom is -0.453 e. The van der Waals surface area contributed by atoms with E-state index in [1.165, 1.54) is 0 Å². The Labute approximate surface area is 167 Å². The number of nitrogens with zero attached hydrogens (tertiary/aromatic N) is 1. The van der Waals surface area contributed by atoms with Crippen LogP contribution in [0.4, 0.5) is 0 Å². The topological polar surface area (TPSA) is 55.8 Å². The minimum atomic E-state index is -1.35. The molecule has 3 rings (SSSR count). The molecule has 0 aromatic heterocycles. The van der Waals surface area contributed by atoms with Crippen LogP contribution >= 0.6 is 0 Å². The lowest BCUT2D eigenvalue weighted by Crippen LogP contribution is -2.44. The Hall–Kier alpha value is -2.21. The molecule has 1 saturated heterocycles. The second-order valence-electron chi connectivity index (χ2n) is 8.00. The zero-order valence-corrected chi connectivity index (χ0v) is 16.7. The lowest BCUT2D eigenvalue weighted by molar-refractivity contribution is -0.879. The van der Waals surface area contributed by atoms with E-state index >= 15 is 0 Å². The van der Waals surface area contributed by atoms with Crippen molar-refractivity contribution in [2.45, 2.75) is 24.5 Å². The molecule has 150 valence electrons. The third kappa shape index (κ3) is 4.43. The molecule has 5 heteroatoms. The molecule has 2 aromatic carbocycles. The van der Waals surface area contributed by atoms with E-state index in [1.54, 1.807) is 0 Å². The van der Waals surface area contributed by atoms with Crippen molar-refractivity contribution in [3.05, 3.63) is 71.8 Å². The summed E-state index contributed by atoms with van der Waals surface area (Å²) in [5.74, 6) is -0.394. The Bertz CT molecular complexity index is 721. The van der Waals surface area contributed by atoms with Gasteiger partial charge >= 0.3 is 5.97 Å². The molecule has 1 atom stereocenters. The van der Waals surface area contributed by atoms with Gasteiger partial charge in [-0.3, -0.25) is 0 Å². The van der Waals surface area contributed by atoms with Crippen LogP contribution in [-0.4, -0.2) is 62.1 Å². The average Bonchev–Trinajstić information content (AvgIpc) is 3.05. The Kier molecular flexibility index (Phi) is 6.50. The van der Waals surface area contributed by atoms with Crippen LogP contribution in [0.5, 0.6) is 0 Å². The summed E-state index contributed by atoms with van der Waals surface area (Å²) < 4.78 is 13.1. The number of ether oxygens (including phenoxy) is 2. The number of hydrogen-bond acceptors (Lipinski definition) is 4. The monoisotopic (exact) mass is 384 g/mol. The van der Waals surface area contributed by atoms with Gasteiger partial charge in [-0.05, 0) is 17.5 Å². The highest BCUT2D eigenvalue weighted by molar-refractivity contribution is 5.86. The van der Waals surface area contributed by atoms with Gasteiger partial charge in [-0.1, -0.05) is 60.7 Å². The molecule has 0 bridgehead atoms. The maximum absolute atomic E-state index is 13.6. The zero-order valence-electron chi connectivity index (χ0n) is 16.7. The van der Waals surface area contributed by atoms with Gasteiger partial charge in [0.1, 0.15) is 6.54 Å². The van der Waals surface area contributed by atoms with Gasteiger partial charge in [-0.2, -0.15) is 0 Å². The van der Waals surface area contributed by atoms with Crippen molar-refractivity contribution in [1.29, 1.82) is 0 Å². The van der Waals surface area contributed by atoms with Crippen LogP contribution in [0.15, 0.2) is 60.7 Å².